The lowest BCUT2D eigenvalue weighted by molar-refractivity contribution is -0.121. The number of hydrogen-bond donors (Lipinski definition) is 2. The van der Waals surface area contributed by atoms with E-state index in [1.807, 2.05) is 6.07 Å². The van der Waals surface area contributed by atoms with E-state index in [0.717, 1.165) is 5.69 Å². The van der Waals surface area contributed by atoms with E-state index in [0.29, 0.717) is 0 Å². The van der Waals surface area contributed by atoms with Gasteiger partial charge in [-0.1, -0.05) is 6.07 Å². The topological polar surface area (TPSA) is 62.2 Å². The molecule has 0 fully saturated rings. The SMILES string of the molecule is CC(CO)NC(=O)Cc1ccccn1. The van der Waals surface area contributed by atoms with Crippen LogP contribution in [0.25, 0.3) is 0 Å². The quantitative estimate of drug-likeness (QED) is 0.715. The summed E-state index contributed by atoms with van der Waals surface area (Å²) in [6.45, 7) is 1.70. The maximum Gasteiger partial charge on any atom is 0.226 e. The monoisotopic (exact) mass is 194 g/mol. The normalized spacial score (nSPS) is 12.1. The van der Waals surface area contributed by atoms with E-state index >= 15 is 0 Å². The van der Waals surface area contributed by atoms with Crippen molar-refractivity contribution < 1.29 is 9.90 Å². The number of nitrogens with one attached hydrogen (secondary N) is 1. The number of pyridine rings is 1. The second kappa shape index (κ2) is 5.34. The molecule has 0 aliphatic heterocycles. The fraction of sp³-hybridized carbons (Fsp3) is 0.400. The van der Waals surface area contributed by atoms with E-state index in [1.54, 1.807) is 25.3 Å². The molecule has 1 atom stereocenters. The number of carbonyl (C=O) groups is 1. The fourth-order valence-corrected chi connectivity index (χ4v) is 1.04. The second-order valence-electron chi connectivity index (χ2n) is 3.15. The van der Waals surface area contributed by atoms with Crippen molar-refractivity contribution in [2.24, 2.45) is 0 Å². The number of amides is 1. The minimum atomic E-state index is -0.203. The van der Waals surface area contributed by atoms with Crippen LogP contribution in [0.2, 0.25) is 0 Å². The van der Waals surface area contributed by atoms with Crippen molar-refractivity contribution in [1.82, 2.24) is 10.3 Å². The van der Waals surface area contributed by atoms with Gasteiger partial charge in [-0.3, -0.25) is 9.78 Å². The summed E-state index contributed by atoms with van der Waals surface area (Å²) >= 11 is 0. The Balaban J connectivity index is 2.42. The highest BCUT2D eigenvalue weighted by molar-refractivity contribution is 5.78. The molecule has 14 heavy (non-hydrogen) atoms. The molecule has 4 heteroatoms. The van der Waals surface area contributed by atoms with Gasteiger partial charge in [0.2, 0.25) is 5.91 Å². The third-order valence-corrected chi connectivity index (χ3v) is 1.75. The minimum absolute atomic E-state index is 0.0477. The average molecular weight is 194 g/mol. The third-order valence-electron chi connectivity index (χ3n) is 1.75. The highest BCUT2D eigenvalue weighted by Crippen LogP contribution is 1.94. The Bertz CT molecular complexity index is 287. The van der Waals surface area contributed by atoms with Gasteiger partial charge in [0.15, 0.2) is 0 Å². The standard InChI is InChI=1S/C10H14N2O2/c1-8(7-13)12-10(14)6-9-4-2-3-5-11-9/h2-5,8,13H,6-7H2,1H3,(H,12,14). The van der Waals surface area contributed by atoms with Gasteiger partial charge >= 0.3 is 0 Å². The van der Waals surface area contributed by atoms with Gasteiger partial charge in [0.05, 0.1) is 13.0 Å². The molecule has 1 rings (SSSR count). The maximum atomic E-state index is 11.3. The van der Waals surface area contributed by atoms with Crippen LogP contribution in [-0.2, 0) is 11.2 Å². The summed E-state index contributed by atoms with van der Waals surface area (Å²) < 4.78 is 0. The van der Waals surface area contributed by atoms with E-state index < -0.39 is 0 Å². The summed E-state index contributed by atoms with van der Waals surface area (Å²) in [7, 11) is 0. The molecule has 1 aromatic rings. The van der Waals surface area contributed by atoms with Crippen molar-refractivity contribution in [3.63, 3.8) is 0 Å². The first-order valence-corrected chi connectivity index (χ1v) is 4.52. The lowest BCUT2D eigenvalue weighted by Crippen LogP contribution is -2.36. The molecule has 1 unspecified atom stereocenters. The molecule has 0 saturated heterocycles. The largest absolute Gasteiger partial charge is 0.394 e. The zero-order chi connectivity index (χ0) is 10.4. The number of nitrogens with zero attached hydrogens (tertiary/aromatic N) is 1. The molecule has 0 aliphatic rings. The molecule has 2 N–H and O–H groups in total. The smallest absolute Gasteiger partial charge is 0.226 e. The molecule has 76 valence electrons. The average Bonchev–Trinajstić information content (AvgIpc) is 2.19. The Hall–Kier alpha value is -1.42. The number of carbonyl (C=O) groups excluding carboxylic acids is 1. The van der Waals surface area contributed by atoms with Crippen molar-refractivity contribution in [3.8, 4) is 0 Å². The van der Waals surface area contributed by atoms with Crippen LogP contribution < -0.4 is 5.32 Å². The highest BCUT2D eigenvalue weighted by Gasteiger charge is 2.06. The number of aromatic nitrogens is 1. The lowest BCUT2D eigenvalue weighted by Gasteiger charge is -2.09. The van der Waals surface area contributed by atoms with Gasteiger partial charge in [0.25, 0.3) is 0 Å². The van der Waals surface area contributed by atoms with Crippen LogP contribution >= 0.6 is 0 Å². The van der Waals surface area contributed by atoms with E-state index in [9.17, 15) is 4.79 Å². The van der Waals surface area contributed by atoms with Crippen LogP contribution in [0.15, 0.2) is 24.4 Å². The van der Waals surface area contributed by atoms with Crippen LogP contribution in [-0.4, -0.2) is 28.6 Å². The number of aliphatic hydroxyl groups excluding tert-OH is 1. The van der Waals surface area contributed by atoms with Gasteiger partial charge < -0.3 is 10.4 Å². The van der Waals surface area contributed by atoms with Crippen molar-refractivity contribution in [2.45, 2.75) is 19.4 Å². The van der Waals surface area contributed by atoms with Crippen LogP contribution in [0, 0.1) is 0 Å². The van der Waals surface area contributed by atoms with E-state index in [4.69, 9.17) is 5.11 Å². The molecule has 0 bridgehead atoms. The molecular formula is C10H14N2O2. The molecule has 1 aromatic heterocycles. The van der Waals surface area contributed by atoms with Gasteiger partial charge in [0.1, 0.15) is 0 Å². The predicted molar refractivity (Wildman–Crippen MR) is 52.6 cm³/mol. The zero-order valence-electron chi connectivity index (χ0n) is 8.10. The molecule has 0 aromatic carbocycles. The Morgan fingerprint density at radius 1 is 1.64 bits per heavy atom. The number of rotatable bonds is 4. The Morgan fingerprint density at radius 3 is 3.00 bits per heavy atom. The minimum Gasteiger partial charge on any atom is -0.394 e. The summed E-state index contributed by atoms with van der Waals surface area (Å²) in [5, 5.41) is 11.4. The summed E-state index contributed by atoms with van der Waals surface area (Å²) in [4.78, 5) is 15.3. The zero-order valence-corrected chi connectivity index (χ0v) is 8.10. The first-order valence-electron chi connectivity index (χ1n) is 4.52. The van der Waals surface area contributed by atoms with Gasteiger partial charge in [-0.15, -0.1) is 0 Å². The van der Waals surface area contributed by atoms with Crippen LogP contribution in [0.5, 0.6) is 0 Å². The molecule has 1 amide bonds. The number of aliphatic hydroxyl groups is 1. The molecule has 0 radical (unpaired) electrons. The Labute approximate surface area is 83.0 Å². The lowest BCUT2D eigenvalue weighted by atomic mass is 10.2. The van der Waals surface area contributed by atoms with Gasteiger partial charge in [0, 0.05) is 17.9 Å². The van der Waals surface area contributed by atoms with Crippen molar-refractivity contribution >= 4 is 5.91 Å². The van der Waals surface area contributed by atoms with Crippen LogP contribution in [0.1, 0.15) is 12.6 Å². The van der Waals surface area contributed by atoms with Crippen molar-refractivity contribution in [1.29, 1.82) is 0 Å². The fourth-order valence-electron chi connectivity index (χ4n) is 1.04. The van der Waals surface area contributed by atoms with Crippen molar-refractivity contribution in [2.75, 3.05) is 6.61 Å². The van der Waals surface area contributed by atoms with Crippen LogP contribution in [0.3, 0.4) is 0 Å². The van der Waals surface area contributed by atoms with E-state index in [2.05, 4.69) is 10.3 Å². The first kappa shape index (κ1) is 10.7. The molecular weight excluding hydrogens is 180 g/mol. The number of hydrogen-bond acceptors (Lipinski definition) is 3. The van der Waals surface area contributed by atoms with Crippen molar-refractivity contribution in [3.05, 3.63) is 30.1 Å². The summed E-state index contributed by atoms with van der Waals surface area (Å²) in [6.07, 6.45) is 1.91. The van der Waals surface area contributed by atoms with Crippen LogP contribution in [0.4, 0.5) is 0 Å². The summed E-state index contributed by atoms with van der Waals surface area (Å²) in [5.74, 6) is -0.120. The van der Waals surface area contributed by atoms with E-state index in [-0.39, 0.29) is 25.0 Å². The second-order valence-corrected chi connectivity index (χ2v) is 3.15. The highest BCUT2D eigenvalue weighted by atomic mass is 16.3. The first-order chi connectivity index (χ1) is 6.72. The molecule has 0 spiro atoms. The molecule has 1 heterocycles. The molecule has 0 aliphatic carbocycles. The molecule has 0 saturated carbocycles. The third kappa shape index (κ3) is 3.53. The van der Waals surface area contributed by atoms with Gasteiger partial charge in [-0.2, -0.15) is 0 Å². The Kier molecular flexibility index (Phi) is 4.07. The van der Waals surface area contributed by atoms with E-state index in [1.165, 1.54) is 0 Å². The van der Waals surface area contributed by atoms with Gasteiger partial charge in [-0.05, 0) is 19.1 Å². The maximum absolute atomic E-state index is 11.3. The summed E-state index contributed by atoms with van der Waals surface area (Å²) in [6, 6.07) is 5.23. The predicted octanol–water partition coefficient (Wildman–Crippen LogP) is 0.121. The molecule has 4 nitrogen and oxygen atoms in total. The van der Waals surface area contributed by atoms with Gasteiger partial charge in [-0.25, -0.2) is 0 Å². The summed E-state index contributed by atoms with van der Waals surface area (Å²) in [5.41, 5.74) is 0.732. The Morgan fingerprint density at radius 2 is 2.43 bits per heavy atom.